The van der Waals surface area contributed by atoms with Gasteiger partial charge in [-0.15, -0.1) is 0 Å². The largest absolute Gasteiger partial charge is 0.444 e. The van der Waals surface area contributed by atoms with E-state index in [9.17, 15) is 14.7 Å². The topological polar surface area (TPSA) is 66.8 Å². The van der Waals surface area contributed by atoms with E-state index in [1.807, 2.05) is 0 Å². The SMILES string of the molecule is CC(=O)C1C[C@H](O)CN1C(=O)OC(C)(C)C. The first-order valence-corrected chi connectivity index (χ1v) is 5.39. The number of β-amino-alcohol motifs (C(OH)–C–C–N with tert-alkyl or cyclic N) is 1. The van der Waals surface area contributed by atoms with Crippen LogP contribution in [-0.4, -0.2) is 46.2 Å². The Balaban J connectivity index is 2.71. The van der Waals surface area contributed by atoms with Gasteiger partial charge in [-0.3, -0.25) is 9.69 Å². The van der Waals surface area contributed by atoms with Crippen molar-refractivity contribution < 1.29 is 19.4 Å². The van der Waals surface area contributed by atoms with Gasteiger partial charge in [0.2, 0.25) is 0 Å². The predicted octanol–water partition coefficient (Wildman–Crippen LogP) is 0.946. The second-order valence-electron chi connectivity index (χ2n) is 5.15. The highest BCUT2D eigenvalue weighted by atomic mass is 16.6. The van der Waals surface area contributed by atoms with Crippen LogP contribution in [0.5, 0.6) is 0 Å². The fourth-order valence-electron chi connectivity index (χ4n) is 1.72. The zero-order chi connectivity index (χ0) is 12.5. The maximum Gasteiger partial charge on any atom is 0.410 e. The highest BCUT2D eigenvalue weighted by Crippen LogP contribution is 2.21. The van der Waals surface area contributed by atoms with Gasteiger partial charge in [-0.2, -0.15) is 0 Å². The summed E-state index contributed by atoms with van der Waals surface area (Å²) in [5.74, 6) is -0.123. The van der Waals surface area contributed by atoms with Crippen molar-refractivity contribution >= 4 is 11.9 Å². The third kappa shape index (κ3) is 3.20. The molecular formula is C11H19NO4. The van der Waals surface area contributed by atoms with E-state index in [2.05, 4.69) is 0 Å². The zero-order valence-electron chi connectivity index (χ0n) is 10.2. The number of aliphatic hydroxyl groups is 1. The van der Waals surface area contributed by atoms with Crippen LogP contribution in [0.4, 0.5) is 4.79 Å². The number of amides is 1. The molecular weight excluding hydrogens is 210 g/mol. The highest BCUT2D eigenvalue weighted by Gasteiger charge is 2.39. The summed E-state index contributed by atoms with van der Waals surface area (Å²) in [6.45, 7) is 6.87. The smallest absolute Gasteiger partial charge is 0.410 e. The molecule has 1 unspecified atom stereocenters. The maximum absolute atomic E-state index is 11.8. The lowest BCUT2D eigenvalue weighted by atomic mass is 10.1. The van der Waals surface area contributed by atoms with Crippen LogP contribution in [0, 0.1) is 0 Å². The highest BCUT2D eigenvalue weighted by molar-refractivity contribution is 5.86. The maximum atomic E-state index is 11.8. The van der Waals surface area contributed by atoms with E-state index in [1.54, 1.807) is 20.8 Å². The van der Waals surface area contributed by atoms with Crippen LogP contribution >= 0.6 is 0 Å². The standard InChI is InChI=1S/C11H19NO4/c1-7(13)9-5-8(14)6-12(9)10(15)16-11(2,3)4/h8-9,14H,5-6H2,1-4H3/t8-,9?/m0/s1. The Bertz CT molecular complexity index is 295. The molecule has 1 amide bonds. The quantitative estimate of drug-likeness (QED) is 0.726. The molecule has 0 bridgehead atoms. The van der Waals surface area contributed by atoms with Crippen LogP contribution in [0.25, 0.3) is 0 Å². The van der Waals surface area contributed by atoms with Gasteiger partial charge in [0.1, 0.15) is 5.60 Å². The minimum Gasteiger partial charge on any atom is -0.444 e. The molecule has 1 N–H and O–H groups in total. The third-order valence-corrected chi connectivity index (χ3v) is 2.38. The first-order chi connectivity index (χ1) is 7.20. The molecule has 0 spiro atoms. The number of ether oxygens (including phenoxy) is 1. The average molecular weight is 229 g/mol. The Morgan fingerprint density at radius 3 is 2.38 bits per heavy atom. The molecule has 0 aromatic carbocycles. The van der Waals surface area contributed by atoms with E-state index in [4.69, 9.17) is 4.74 Å². The minimum atomic E-state index is -0.638. The number of aliphatic hydroxyl groups excluding tert-OH is 1. The molecule has 5 nitrogen and oxygen atoms in total. The van der Waals surface area contributed by atoms with Crippen LogP contribution in [0.3, 0.4) is 0 Å². The minimum absolute atomic E-state index is 0.123. The number of carbonyl (C=O) groups excluding carboxylic acids is 2. The zero-order valence-corrected chi connectivity index (χ0v) is 10.2. The van der Waals surface area contributed by atoms with Gasteiger partial charge in [0, 0.05) is 6.42 Å². The van der Waals surface area contributed by atoms with Crippen LogP contribution in [0.15, 0.2) is 0 Å². The van der Waals surface area contributed by atoms with Crippen molar-refractivity contribution in [2.75, 3.05) is 6.54 Å². The molecule has 0 aromatic rings. The molecule has 16 heavy (non-hydrogen) atoms. The van der Waals surface area contributed by atoms with E-state index < -0.39 is 23.8 Å². The van der Waals surface area contributed by atoms with E-state index >= 15 is 0 Å². The Morgan fingerprint density at radius 2 is 1.94 bits per heavy atom. The molecule has 1 heterocycles. The second-order valence-corrected chi connectivity index (χ2v) is 5.15. The number of Topliss-reactive ketones (excluding diaryl/α,β-unsaturated/α-hetero) is 1. The fraction of sp³-hybridized carbons (Fsp3) is 0.818. The normalized spacial score (nSPS) is 25.7. The monoisotopic (exact) mass is 229 g/mol. The fourth-order valence-corrected chi connectivity index (χ4v) is 1.72. The number of rotatable bonds is 1. The average Bonchev–Trinajstić information content (AvgIpc) is 2.44. The van der Waals surface area contributed by atoms with Crippen LogP contribution in [-0.2, 0) is 9.53 Å². The van der Waals surface area contributed by atoms with Gasteiger partial charge >= 0.3 is 6.09 Å². The van der Waals surface area contributed by atoms with Crippen molar-refractivity contribution in [2.24, 2.45) is 0 Å². The van der Waals surface area contributed by atoms with Gasteiger partial charge < -0.3 is 9.84 Å². The summed E-state index contributed by atoms with van der Waals surface area (Å²) in [5, 5.41) is 9.46. The molecule has 92 valence electrons. The van der Waals surface area contributed by atoms with Gasteiger partial charge in [-0.1, -0.05) is 0 Å². The lowest BCUT2D eigenvalue weighted by Gasteiger charge is -2.27. The van der Waals surface area contributed by atoms with E-state index in [0.29, 0.717) is 6.42 Å². The summed E-state index contributed by atoms with van der Waals surface area (Å²) >= 11 is 0. The van der Waals surface area contributed by atoms with Crippen molar-refractivity contribution in [3.8, 4) is 0 Å². The van der Waals surface area contributed by atoms with Gasteiger partial charge in [0.15, 0.2) is 5.78 Å². The summed E-state index contributed by atoms with van der Waals surface area (Å²) in [7, 11) is 0. The summed E-state index contributed by atoms with van der Waals surface area (Å²) in [6.07, 6.45) is -0.875. The summed E-state index contributed by atoms with van der Waals surface area (Å²) in [6, 6.07) is -0.551. The summed E-state index contributed by atoms with van der Waals surface area (Å²) in [4.78, 5) is 24.4. The van der Waals surface area contributed by atoms with E-state index in [1.165, 1.54) is 11.8 Å². The van der Waals surface area contributed by atoms with Crippen molar-refractivity contribution in [2.45, 2.75) is 51.9 Å². The van der Waals surface area contributed by atoms with Crippen LogP contribution in [0.2, 0.25) is 0 Å². The molecule has 0 radical (unpaired) electrons. The van der Waals surface area contributed by atoms with Crippen molar-refractivity contribution in [1.29, 1.82) is 0 Å². The Kier molecular flexibility index (Phi) is 3.57. The van der Waals surface area contributed by atoms with Crippen molar-refractivity contribution in [1.82, 2.24) is 4.90 Å². The predicted molar refractivity (Wildman–Crippen MR) is 58.0 cm³/mol. The number of likely N-dealkylation sites (tertiary alicyclic amines) is 1. The Morgan fingerprint density at radius 1 is 1.38 bits per heavy atom. The second kappa shape index (κ2) is 4.41. The van der Waals surface area contributed by atoms with Crippen molar-refractivity contribution in [3.63, 3.8) is 0 Å². The molecule has 1 aliphatic heterocycles. The summed E-state index contributed by atoms with van der Waals surface area (Å²) < 4.78 is 5.17. The van der Waals surface area contributed by atoms with E-state index in [-0.39, 0.29) is 12.3 Å². The number of nitrogens with zero attached hydrogens (tertiary/aromatic N) is 1. The lowest BCUT2D eigenvalue weighted by molar-refractivity contribution is -0.121. The van der Waals surface area contributed by atoms with Gasteiger partial charge in [0.25, 0.3) is 0 Å². The number of hydrogen-bond donors (Lipinski definition) is 1. The Labute approximate surface area is 95.4 Å². The Hall–Kier alpha value is -1.10. The number of hydrogen-bond acceptors (Lipinski definition) is 4. The molecule has 0 aromatic heterocycles. The van der Waals surface area contributed by atoms with E-state index in [0.717, 1.165) is 0 Å². The van der Waals surface area contributed by atoms with Gasteiger partial charge in [-0.05, 0) is 27.7 Å². The summed E-state index contributed by atoms with van der Waals surface area (Å²) in [5.41, 5.74) is -0.591. The molecule has 0 saturated carbocycles. The van der Waals surface area contributed by atoms with Gasteiger partial charge in [0.05, 0.1) is 18.7 Å². The molecule has 1 fully saturated rings. The van der Waals surface area contributed by atoms with Gasteiger partial charge in [-0.25, -0.2) is 4.79 Å². The number of carbonyl (C=O) groups is 2. The van der Waals surface area contributed by atoms with Crippen molar-refractivity contribution in [3.05, 3.63) is 0 Å². The molecule has 0 aliphatic carbocycles. The molecule has 1 rings (SSSR count). The van der Waals surface area contributed by atoms with Crippen LogP contribution < -0.4 is 0 Å². The first kappa shape index (κ1) is 13.0. The molecule has 1 aliphatic rings. The first-order valence-electron chi connectivity index (χ1n) is 5.39. The lowest BCUT2D eigenvalue weighted by Crippen LogP contribution is -2.42. The third-order valence-electron chi connectivity index (χ3n) is 2.38. The molecule has 1 saturated heterocycles. The number of ketones is 1. The molecule has 5 heteroatoms. The molecule has 2 atom stereocenters. The van der Waals surface area contributed by atoms with Crippen LogP contribution in [0.1, 0.15) is 34.1 Å².